The molecular weight excluding hydrogens is 284 g/mol. The number of carboxylic acid groups (broad SMARTS) is 1. The van der Waals surface area contributed by atoms with Gasteiger partial charge in [-0.25, -0.2) is 4.79 Å². The Bertz CT molecular complexity index is 610. The molecule has 0 aromatic heterocycles. The Morgan fingerprint density at radius 3 is 2.76 bits per heavy atom. The first kappa shape index (κ1) is 15.4. The Morgan fingerprint density at radius 2 is 2.00 bits per heavy atom. The molecule has 0 bridgehead atoms. The Kier molecular flexibility index (Phi) is 5.69. The molecule has 2 aromatic rings. The van der Waals surface area contributed by atoms with E-state index in [1.807, 2.05) is 17.8 Å². The molecular formula is C17H18O3S. The van der Waals surface area contributed by atoms with E-state index in [4.69, 9.17) is 9.84 Å². The number of thioether (sulfide) groups is 1. The number of ether oxygens (including phenoxy) is 1. The molecule has 1 N–H and O–H groups in total. The standard InChI is InChI=1S/C17H18O3S/c1-13-5-2-3-6-15(13)12-21-10-9-20-16-8-4-7-14(11-16)17(18)19/h2-8,11H,9-10,12H2,1H3,(H,18,19). The van der Waals surface area contributed by atoms with Crippen LogP contribution in [0.25, 0.3) is 0 Å². The highest BCUT2D eigenvalue weighted by molar-refractivity contribution is 7.98. The van der Waals surface area contributed by atoms with Gasteiger partial charge in [-0.2, -0.15) is 11.8 Å². The first-order valence-corrected chi connectivity index (χ1v) is 7.90. The number of aryl methyl sites for hydroxylation is 1. The second-order valence-electron chi connectivity index (χ2n) is 4.66. The zero-order valence-electron chi connectivity index (χ0n) is 11.9. The predicted molar refractivity (Wildman–Crippen MR) is 86.2 cm³/mol. The highest BCUT2D eigenvalue weighted by Gasteiger charge is 2.03. The van der Waals surface area contributed by atoms with Gasteiger partial charge in [0.05, 0.1) is 12.2 Å². The maximum absolute atomic E-state index is 10.9. The van der Waals surface area contributed by atoms with E-state index in [9.17, 15) is 4.79 Å². The number of carbonyl (C=O) groups is 1. The third kappa shape index (κ3) is 4.83. The van der Waals surface area contributed by atoms with E-state index in [1.165, 1.54) is 11.1 Å². The lowest BCUT2D eigenvalue weighted by Gasteiger charge is -2.08. The first-order valence-electron chi connectivity index (χ1n) is 6.75. The largest absolute Gasteiger partial charge is 0.493 e. The minimum atomic E-state index is -0.936. The second-order valence-corrected chi connectivity index (χ2v) is 5.77. The zero-order chi connectivity index (χ0) is 15.1. The molecule has 2 aromatic carbocycles. The molecule has 0 heterocycles. The predicted octanol–water partition coefficient (Wildman–Crippen LogP) is 4.01. The third-order valence-corrected chi connectivity index (χ3v) is 4.07. The highest BCUT2D eigenvalue weighted by Crippen LogP contribution is 2.17. The van der Waals surface area contributed by atoms with Gasteiger partial charge in [0.1, 0.15) is 5.75 Å². The summed E-state index contributed by atoms with van der Waals surface area (Å²) in [6, 6.07) is 14.9. The molecule has 0 radical (unpaired) electrons. The van der Waals surface area contributed by atoms with E-state index < -0.39 is 5.97 Å². The maximum Gasteiger partial charge on any atom is 0.335 e. The Morgan fingerprint density at radius 1 is 1.19 bits per heavy atom. The van der Waals surface area contributed by atoms with E-state index in [1.54, 1.807) is 24.3 Å². The van der Waals surface area contributed by atoms with Gasteiger partial charge in [0.25, 0.3) is 0 Å². The summed E-state index contributed by atoms with van der Waals surface area (Å²) in [5, 5.41) is 8.91. The van der Waals surface area contributed by atoms with Gasteiger partial charge in [-0.05, 0) is 36.2 Å². The first-order chi connectivity index (χ1) is 10.2. The molecule has 4 heteroatoms. The summed E-state index contributed by atoms with van der Waals surface area (Å²) in [6.45, 7) is 2.68. The average molecular weight is 302 g/mol. The van der Waals surface area contributed by atoms with Crippen LogP contribution in [-0.4, -0.2) is 23.4 Å². The van der Waals surface area contributed by atoms with Gasteiger partial charge in [0, 0.05) is 11.5 Å². The molecule has 0 unspecified atom stereocenters. The van der Waals surface area contributed by atoms with Crippen LogP contribution in [0.5, 0.6) is 5.75 Å². The number of benzene rings is 2. The fourth-order valence-corrected chi connectivity index (χ4v) is 2.78. The smallest absolute Gasteiger partial charge is 0.335 e. The molecule has 0 amide bonds. The van der Waals surface area contributed by atoms with Crippen LogP contribution < -0.4 is 4.74 Å². The minimum absolute atomic E-state index is 0.250. The number of hydrogen-bond donors (Lipinski definition) is 1. The van der Waals surface area contributed by atoms with Crippen molar-refractivity contribution in [3.63, 3.8) is 0 Å². The van der Waals surface area contributed by atoms with Crippen LogP contribution in [0.3, 0.4) is 0 Å². The van der Waals surface area contributed by atoms with Crippen LogP contribution in [0.15, 0.2) is 48.5 Å². The van der Waals surface area contributed by atoms with Gasteiger partial charge in [-0.15, -0.1) is 0 Å². The summed E-state index contributed by atoms with van der Waals surface area (Å²) in [5.74, 6) is 1.50. The molecule has 21 heavy (non-hydrogen) atoms. The molecule has 0 aliphatic carbocycles. The fraction of sp³-hybridized carbons (Fsp3) is 0.235. The highest BCUT2D eigenvalue weighted by atomic mass is 32.2. The van der Waals surface area contributed by atoms with Crippen molar-refractivity contribution in [1.82, 2.24) is 0 Å². The van der Waals surface area contributed by atoms with E-state index >= 15 is 0 Å². The lowest BCUT2D eigenvalue weighted by molar-refractivity contribution is 0.0696. The Labute approximate surface area is 129 Å². The fourth-order valence-electron chi connectivity index (χ4n) is 1.89. The lowest BCUT2D eigenvalue weighted by atomic mass is 10.1. The van der Waals surface area contributed by atoms with Gasteiger partial charge < -0.3 is 9.84 Å². The van der Waals surface area contributed by atoms with Gasteiger partial charge in [-0.3, -0.25) is 0 Å². The third-order valence-electron chi connectivity index (χ3n) is 3.10. The van der Waals surface area contributed by atoms with Crippen molar-refractivity contribution in [2.45, 2.75) is 12.7 Å². The van der Waals surface area contributed by atoms with Crippen molar-refractivity contribution in [3.8, 4) is 5.75 Å². The van der Waals surface area contributed by atoms with Gasteiger partial charge in [0.2, 0.25) is 0 Å². The molecule has 0 fully saturated rings. The molecule has 0 aliphatic rings. The normalized spacial score (nSPS) is 10.3. The van der Waals surface area contributed by atoms with Crippen LogP contribution in [0.4, 0.5) is 0 Å². The molecule has 0 spiro atoms. The van der Waals surface area contributed by atoms with Crippen LogP contribution in [0, 0.1) is 6.92 Å². The molecule has 0 atom stereocenters. The van der Waals surface area contributed by atoms with Crippen molar-refractivity contribution in [2.24, 2.45) is 0 Å². The average Bonchev–Trinajstić information content (AvgIpc) is 2.49. The Balaban J connectivity index is 1.74. The van der Waals surface area contributed by atoms with Crippen LogP contribution >= 0.6 is 11.8 Å². The summed E-state index contributed by atoms with van der Waals surface area (Å²) in [7, 11) is 0. The summed E-state index contributed by atoms with van der Waals surface area (Å²) in [4.78, 5) is 10.9. The van der Waals surface area contributed by atoms with Crippen molar-refractivity contribution >= 4 is 17.7 Å². The number of carboxylic acids is 1. The molecule has 3 nitrogen and oxygen atoms in total. The van der Waals surface area contributed by atoms with Crippen LogP contribution in [0.1, 0.15) is 21.5 Å². The zero-order valence-corrected chi connectivity index (χ0v) is 12.7. The molecule has 2 rings (SSSR count). The van der Waals surface area contributed by atoms with E-state index in [2.05, 4.69) is 25.1 Å². The summed E-state index contributed by atoms with van der Waals surface area (Å²) >= 11 is 1.81. The van der Waals surface area contributed by atoms with Gasteiger partial charge in [0.15, 0.2) is 0 Å². The minimum Gasteiger partial charge on any atom is -0.493 e. The van der Waals surface area contributed by atoms with Crippen molar-refractivity contribution in [3.05, 3.63) is 65.2 Å². The van der Waals surface area contributed by atoms with E-state index in [-0.39, 0.29) is 5.56 Å². The molecule has 0 aliphatic heterocycles. The number of hydrogen-bond acceptors (Lipinski definition) is 3. The SMILES string of the molecule is Cc1ccccc1CSCCOc1cccc(C(=O)O)c1. The van der Waals surface area contributed by atoms with Crippen LogP contribution in [-0.2, 0) is 5.75 Å². The maximum atomic E-state index is 10.9. The van der Waals surface area contributed by atoms with Crippen molar-refractivity contribution in [1.29, 1.82) is 0 Å². The van der Waals surface area contributed by atoms with Crippen molar-refractivity contribution in [2.75, 3.05) is 12.4 Å². The second kappa shape index (κ2) is 7.74. The lowest BCUT2D eigenvalue weighted by Crippen LogP contribution is -2.02. The van der Waals surface area contributed by atoms with Crippen molar-refractivity contribution < 1.29 is 14.6 Å². The van der Waals surface area contributed by atoms with E-state index in [0.717, 1.165) is 11.5 Å². The molecule has 0 saturated carbocycles. The molecule has 0 saturated heterocycles. The summed E-state index contributed by atoms with van der Waals surface area (Å²) in [5.41, 5.74) is 2.90. The van der Waals surface area contributed by atoms with Gasteiger partial charge >= 0.3 is 5.97 Å². The molecule has 110 valence electrons. The summed E-state index contributed by atoms with van der Waals surface area (Å²) in [6.07, 6.45) is 0. The topological polar surface area (TPSA) is 46.5 Å². The van der Waals surface area contributed by atoms with Crippen LogP contribution in [0.2, 0.25) is 0 Å². The quantitative estimate of drug-likeness (QED) is 0.785. The van der Waals surface area contributed by atoms with E-state index in [0.29, 0.717) is 12.4 Å². The number of aromatic carboxylic acids is 1. The Hall–Kier alpha value is -1.94. The number of rotatable bonds is 7. The van der Waals surface area contributed by atoms with Gasteiger partial charge in [-0.1, -0.05) is 30.3 Å². The monoisotopic (exact) mass is 302 g/mol. The summed E-state index contributed by atoms with van der Waals surface area (Å²) < 4.78 is 5.58.